The van der Waals surface area contributed by atoms with Gasteiger partial charge in [0.1, 0.15) is 0 Å². The van der Waals surface area contributed by atoms with Gasteiger partial charge < -0.3 is 10.4 Å². The van der Waals surface area contributed by atoms with Crippen molar-refractivity contribution in [2.75, 3.05) is 26.2 Å². The Hall–Kier alpha value is -0.120. The van der Waals surface area contributed by atoms with Gasteiger partial charge in [0, 0.05) is 12.6 Å². The summed E-state index contributed by atoms with van der Waals surface area (Å²) in [6.07, 6.45) is 7.10. The lowest BCUT2D eigenvalue weighted by molar-refractivity contribution is -0.0399. The third-order valence-corrected chi connectivity index (χ3v) is 4.13. The van der Waals surface area contributed by atoms with E-state index in [1.54, 1.807) is 0 Å². The Balaban J connectivity index is 1.87. The summed E-state index contributed by atoms with van der Waals surface area (Å²) in [6.45, 7) is 6.23. The summed E-state index contributed by atoms with van der Waals surface area (Å²) in [5.74, 6) is 0. The second-order valence-electron chi connectivity index (χ2n) is 5.53. The van der Waals surface area contributed by atoms with Crippen LogP contribution in [0, 0.1) is 0 Å². The first kappa shape index (κ1) is 12.3. The van der Waals surface area contributed by atoms with E-state index in [0.717, 1.165) is 45.1 Å². The second-order valence-corrected chi connectivity index (χ2v) is 5.53. The van der Waals surface area contributed by atoms with E-state index in [2.05, 4.69) is 17.1 Å². The summed E-state index contributed by atoms with van der Waals surface area (Å²) >= 11 is 0. The van der Waals surface area contributed by atoms with E-state index in [0.29, 0.717) is 0 Å². The SMILES string of the molecule is CCCN(CC1(O)CCNCC1)C1CCC1. The summed E-state index contributed by atoms with van der Waals surface area (Å²) in [5, 5.41) is 13.9. The van der Waals surface area contributed by atoms with Crippen molar-refractivity contribution < 1.29 is 5.11 Å². The maximum atomic E-state index is 10.6. The summed E-state index contributed by atoms with van der Waals surface area (Å²) in [7, 11) is 0. The van der Waals surface area contributed by atoms with Crippen LogP contribution in [0.1, 0.15) is 45.4 Å². The molecule has 0 amide bonds. The molecule has 2 rings (SSSR count). The predicted octanol–water partition coefficient (Wildman–Crippen LogP) is 1.37. The van der Waals surface area contributed by atoms with E-state index in [4.69, 9.17) is 0 Å². The molecule has 0 unspecified atom stereocenters. The van der Waals surface area contributed by atoms with Crippen LogP contribution in [0.3, 0.4) is 0 Å². The fraction of sp³-hybridized carbons (Fsp3) is 1.00. The highest BCUT2D eigenvalue weighted by Crippen LogP contribution is 2.28. The van der Waals surface area contributed by atoms with E-state index in [9.17, 15) is 5.11 Å². The molecule has 0 radical (unpaired) electrons. The first-order chi connectivity index (χ1) is 7.73. The maximum Gasteiger partial charge on any atom is 0.0798 e. The molecule has 1 saturated heterocycles. The van der Waals surface area contributed by atoms with Gasteiger partial charge in [0.15, 0.2) is 0 Å². The Morgan fingerprint density at radius 1 is 1.31 bits per heavy atom. The standard InChI is InChI=1S/C13H26N2O/c1-2-10-15(12-4-3-5-12)11-13(16)6-8-14-9-7-13/h12,14,16H,2-11H2,1H3. The molecule has 3 heteroatoms. The zero-order valence-corrected chi connectivity index (χ0v) is 10.5. The maximum absolute atomic E-state index is 10.6. The van der Waals surface area contributed by atoms with Gasteiger partial charge >= 0.3 is 0 Å². The van der Waals surface area contributed by atoms with Crippen molar-refractivity contribution in [3.8, 4) is 0 Å². The van der Waals surface area contributed by atoms with Crippen LogP contribution < -0.4 is 5.32 Å². The summed E-state index contributed by atoms with van der Waals surface area (Å²) < 4.78 is 0. The molecule has 0 aromatic rings. The van der Waals surface area contributed by atoms with Crippen LogP contribution in [0.5, 0.6) is 0 Å². The van der Waals surface area contributed by atoms with E-state index < -0.39 is 5.60 Å². The number of rotatable bonds is 5. The van der Waals surface area contributed by atoms with Crippen LogP contribution in [0.2, 0.25) is 0 Å². The van der Waals surface area contributed by atoms with Gasteiger partial charge in [-0.15, -0.1) is 0 Å². The van der Waals surface area contributed by atoms with Gasteiger partial charge in [-0.3, -0.25) is 4.90 Å². The van der Waals surface area contributed by atoms with Crippen LogP contribution in [-0.4, -0.2) is 47.8 Å². The summed E-state index contributed by atoms with van der Waals surface area (Å²) in [5.41, 5.74) is -0.421. The number of hydrogen-bond donors (Lipinski definition) is 2. The lowest BCUT2D eigenvalue weighted by Gasteiger charge is -2.43. The van der Waals surface area contributed by atoms with E-state index in [-0.39, 0.29) is 0 Å². The second kappa shape index (κ2) is 5.48. The van der Waals surface area contributed by atoms with Gasteiger partial charge in [-0.05, 0) is 51.7 Å². The minimum absolute atomic E-state index is 0.421. The van der Waals surface area contributed by atoms with Crippen LogP contribution in [0.4, 0.5) is 0 Å². The molecule has 3 nitrogen and oxygen atoms in total. The van der Waals surface area contributed by atoms with E-state index in [1.807, 2.05) is 0 Å². The first-order valence-corrected chi connectivity index (χ1v) is 6.91. The molecule has 0 spiro atoms. The molecule has 94 valence electrons. The molecule has 1 heterocycles. The average Bonchev–Trinajstić information content (AvgIpc) is 2.15. The highest BCUT2D eigenvalue weighted by atomic mass is 16.3. The molecule has 2 fully saturated rings. The molecule has 1 aliphatic heterocycles. The largest absolute Gasteiger partial charge is 0.388 e. The van der Waals surface area contributed by atoms with Crippen molar-refractivity contribution in [2.45, 2.75) is 57.1 Å². The molecule has 2 N–H and O–H groups in total. The lowest BCUT2D eigenvalue weighted by Crippen LogP contribution is -2.53. The van der Waals surface area contributed by atoms with Crippen molar-refractivity contribution in [3.63, 3.8) is 0 Å². The Kier molecular flexibility index (Phi) is 4.22. The smallest absolute Gasteiger partial charge is 0.0798 e. The third-order valence-electron chi connectivity index (χ3n) is 4.13. The zero-order valence-electron chi connectivity index (χ0n) is 10.5. The summed E-state index contributed by atoms with van der Waals surface area (Å²) in [4.78, 5) is 2.54. The monoisotopic (exact) mass is 226 g/mol. The Morgan fingerprint density at radius 3 is 2.50 bits per heavy atom. The molecule has 1 saturated carbocycles. The van der Waals surface area contributed by atoms with Crippen LogP contribution in [0.15, 0.2) is 0 Å². The van der Waals surface area contributed by atoms with Crippen molar-refractivity contribution in [1.29, 1.82) is 0 Å². The Bertz CT molecular complexity index is 210. The molecular formula is C13H26N2O. The van der Waals surface area contributed by atoms with Gasteiger partial charge in [0.25, 0.3) is 0 Å². The quantitative estimate of drug-likeness (QED) is 0.743. The molecule has 0 bridgehead atoms. The highest BCUT2D eigenvalue weighted by Gasteiger charge is 2.34. The van der Waals surface area contributed by atoms with Gasteiger partial charge in [-0.1, -0.05) is 13.3 Å². The zero-order chi connectivity index (χ0) is 11.4. The van der Waals surface area contributed by atoms with E-state index >= 15 is 0 Å². The fourth-order valence-corrected chi connectivity index (χ4v) is 2.86. The van der Waals surface area contributed by atoms with Gasteiger partial charge in [-0.2, -0.15) is 0 Å². The normalized spacial score (nSPS) is 25.7. The predicted molar refractivity (Wildman–Crippen MR) is 66.6 cm³/mol. The van der Waals surface area contributed by atoms with Gasteiger partial charge in [-0.25, -0.2) is 0 Å². The number of hydrogen-bond acceptors (Lipinski definition) is 3. The minimum Gasteiger partial charge on any atom is -0.388 e. The lowest BCUT2D eigenvalue weighted by atomic mass is 9.87. The Morgan fingerprint density at radius 2 is 2.00 bits per heavy atom. The number of nitrogens with zero attached hydrogens (tertiary/aromatic N) is 1. The number of piperidine rings is 1. The summed E-state index contributed by atoms with van der Waals surface area (Å²) in [6, 6.07) is 0.763. The van der Waals surface area contributed by atoms with Gasteiger partial charge in [0.05, 0.1) is 5.60 Å². The molecule has 2 aliphatic rings. The molecule has 0 atom stereocenters. The van der Waals surface area contributed by atoms with Crippen molar-refractivity contribution in [2.24, 2.45) is 0 Å². The number of aliphatic hydroxyl groups is 1. The van der Waals surface area contributed by atoms with Crippen molar-refractivity contribution >= 4 is 0 Å². The Labute approximate surface area is 99.2 Å². The molecule has 1 aliphatic carbocycles. The highest BCUT2D eigenvalue weighted by molar-refractivity contribution is 4.90. The molecule has 0 aromatic heterocycles. The first-order valence-electron chi connectivity index (χ1n) is 6.91. The topological polar surface area (TPSA) is 35.5 Å². The average molecular weight is 226 g/mol. The van der Waals surface area contributed by atoms with Crippen molar-refractivity contribution in [3.05, 3.63) is 0 Å². The third kappa shape index (κ3) is 2.96. The van der Waals surface area contributed by atoms with Crippen molar-refractivity contribution in [1.82, 2.24) is 10.2 Å². The molecule has 0 aromatic carbocycles. The minimum atomic E-state index is -0.421. The molecule has 16 heavy (non-hydrogen) atoms. The fourth-order valence-electron chi connectivity index (χ4n) is 2.86. The van der Waals surface area contributed by atoms with Gasteiger partial charge in [0.2, 0.25) is 0 Å². The number of nitrogens with one attached hydrogen (secondary N) is 1. The van der Waals surface area contributed by atoms with Crippen LogP contribution in [0.25, 0.3) is 0 Å². The van der Waals surface area contributed by atoms with Crippen LogP contribution >= 0.6 is 0 Å². The van der Waals surface area contributed by atoms with Crippen LogP contribution in [-0.2, 0) is 0 Å². The van der Waals surface area contributed by atoms with E-state index in [1.165, 1.54) is 25.7 Å². The molecular weight excluding hydrogens is 200 g/mol.